The molecule has 1 heterocycles. The number of aliphatic hydroxyl groups is 1. The molecular formula is C12H12O2S. The van der Waals surface area contributed by atoms with Gasteiger partial charge >= 0.3 is 0 Å². The summed E-state index contributed by atoms with van der Waals surface area (Å²) in [5.74, 6) is 0. The Hall–Kier alpha value is -1.19. The summed E-state index contributed by atoms with van der Waals surface area (Å²) in [5.41, 5.74) is -0.225. The van der Waals surface area contributed by atoms with Gasteiger partial charge < -0.3 is 9.90 Å². The first kappa shape index (κ1) is 10.3. The molecule has 0 radical (unpaired) electrons. The molecule has 2 aromatic rings. The molecule has 2 nitrogen and oxygen atoms in total. The van der Waals surface area contributed by atoms with Gasteiger partial charge in [-0.3, -0.25) is 0 Å². The van der Waals surface area contributed by atoms with E-state index in [0.29, 0.717) is 12.7 Å². The molecule has 0 bridgehead atoms. The van der Waals surface area contributed by atoms with Crippen molar-refractivity contribution in [1.82, 2.24) is 0 Å². The number of carbonyl (C=O) groups excluding carboxylic acids is 1. The van der Waals surface area contributed by atoms with Crippen LogP contribution in [0.2, 0.25) is 0 Å². The van der Waals surface area contributed by atoms with Crippen molar-refractivity contribution < 1.29 is 9.90 Å². The van der Waals surface area contributed by atoms with Crippen LogP contribution in [0.5, 0.6) is 0 Å². The first-order chi connectivity index (χ1) is 7.12. The fraction of sp³-hybridized carbons (Fsp3) is 0.250. The average molecular weight is 220 g/mol. The highest BCUT2D eigenvalue weighted by Crippen LogP contribution is 2.27. The molecule has 15 heavy (non-hydrogen) atoms. The third-order valence-electron chi connectivity index (χ3n) is 2.36. The van der Waals surface area contributed by atoms with Crippen molar-refractivity contribution in [3.05, 3.63) is 35.2 Å². The number of aldehydes is 1. The Morgan fingerprint density at radius 3 is 2.93 bits per heavy atom. The Kier molecular flexibility index (Phi) is 2.59. The Balaban J connectivity index is 2.41. The quantitative estimate of drug-likeness (QED) is 0.806. The number of fused-ring (bicyclic) bond motifs is 1. The SMILES string of the molecule is CC(O)(C=O)Cc1csc2ccccc12. The lowest BCUT2D eigenvalue weighted by molar-refractivity contribution is -0.122. The molecule has 0 aliphatic carbocycles. The van der Waals surface area contributed by atoms with Gasteiger partial charge in [-0.25, -0.2) is 0 Å². The van der Waals surface area contributed by atoms with Gasteiger partial charge in [0.25, 0.3) is 0 Å². The summed E-state index contributed by atoms with van der Waals surface area (Å²) >= 11 is 1.64. The minimum absolute atomic E-state index is 0.376. The number of carbonyl (C=O) groups is 1. The molecular weight excluding hydrogens is 208 g/mol. The van der Waals surface area contributed by atoms with Crippen molar-refractivity contribution in [1.29, 1.82) is 0 Å². The first-order valence-electron chi connectivity index (χ1n) is 4.76. The van der Waals surface area contributed by atoms with Gasteiger partial charge in [0.2, 0.25) is 0 Å². The summed E-state index contributed by atoms with van der Waals surface area (Å²) in [6, 6.07) is 8.01. The van der Waals surface area contributed by atoms with Crippen LogP contribution in [0.4, 0.5) is 0 Å². The van der Waals surface area contributed by atoms with Crippen LogP contribution >= 0.6 is 11.3 Å². The second-order valence-electron chi connectivity index (χ2n) is 3.91. The average Bonchev–Trinajstić information content (AvgIpc) is 2.62. The van der Waals surface area contributed by atoms with E-state index in [1.807, 2.05) is 29.6 Å². The Labute approximate surface area is 92.2 Å². The van der Waals surface area contributed by atoms with Crippen LogP contribution in [0.25, 0.3) is 10.1 Å². The third-order valence-corrected chi connectivity index (χ3v) is 3.38. The van der Waals surface area contributed by atoms with Crippen molar-refractivity contribution in [2.75, 3.05) is 0 Å². The van der Waals surface area contributed by atoms with Crippen LogP contribution in [-0.2, 0) is 11.2 Å². The van der Waals surface area contributed by atoms with Crippen molar-refractivity contribution in [3.63, 3.8) is 0 Å². The van der Waals surface area contributed by atoms with E-state index in [9.17, 15) is 9.90 Å². The molecule has 0 saturated heterocycles. The monoisotopic (exact) mass is 220 g/mol. The van der Waals surface area contributed by atoms with Crippen molar-refractivity contribution in [2.24, 2.45) is 0 Å². The van der Waals surface area contributed by atoms with Crippen molar-refractivity contribution in [2.45, 2.75) is 18.9 Å². The van der Waals surface area contributed by atoms with Crippen molar-refractivity contribution >= 4 is 27.7 Å². The maximum Gasteiger partial charge on any atom is 0.151 e. The zero-order chi connectivity index (χ0) is 10.9. The molecule has 2 rings (SSSR count). The first-order valence-corrected chi connectivity index (χ1v) is 5.64. The summed E-state index contributed by atoms with van der Waals surface area (Å²) in [6.07, 6.45) is 0.972. The van der Waals surface area contributed by atoms with Crippen LogP contribution in [0.1, 0.15) is 12.5 Å². The van der Waals surface area contributed by atoms with Gasteiger partial charge in [0, 0.05) is 11.1 Å². The van der Waals surface area contributed by atoms with Crippen LogP contribution in [0.15, 0.2) is 29.6 Å². The second-order valence-corrected chi connectivity index (χ2v) is 4.82. The molecule has 1 N–H and O–H groups in total. The maximum absolute atomic E-state index is 10.6. The third kappa shape index (κ3) is 2.08. The fourth-order valence-electron chi connectivity index (χ4n) is 1.60. The Bertz CT molecular complexity index is 485. The van der Waals surface area contributed by atoms with Gasteiger partial charge in [0.15, 0.2) is 6.29 Å². The van der Waals surface area contributed by atoms with Gasteiger partial charge in [0.05, 0.1) is 0 Å². The standard InChI is InChI=1S/C12H12O2S/c1-12(14,8-13)6-9-7-15-11-5-3-2-4-10(9)11/h2-5,7-8,14H,6H2,1H3. The molecule has 0 aliphatic heterocycles. The number of thiophene rings is 1. The highest BCUT2D eigenvalue weighted by Gasteiger charge is 2.21. The second kappa shape index (κ2) is 3.76. The molecule has 0 spiro atoms. The van der Waals surface area contributed by atoms with Crippen LogP contribution in [-0.4, -0.2) is 17.0 Å². The van der Waals surface area contributed by atoms with Crippen LogP contribution in [0, 0.1) is 0 Å². The maximum atomic E-state index is 10.6. The minimum atomic E-state index is -1.26. The normalized spacial score (nSPS) is 15.1. The predicted molar refractivity (Wildman–Crippen MR) is 62.2 cm³/mol. The fourth-order valence-corrected chi connectivity index (χ4v) is 2.56. The van der Waals surface area contributed by atoms with Gasteiger partial charge in [-0.1, -0.05) is 18.2 Å². The van der Waals surface area contributed by atoms with E-state index in [4.69, 9.17) is 0 Å². The van der Waals surface area contributed by atoms with Gasteiger partial charge in [-0.15, -0.1) is 11.3 Å². The highest BCUT2D eigenvalue weighted by molar-refractivity contribution is 7.17. The smallest absolute Gasteiger partial charge is 0.151 e. The number of hydrogen-bond acceptors (Lipinski definition) is 3. The zero-order valence-corrected chi connectivity index (χ0v) is 9.25. The van der Waals surface area contributed by atoms with E-state index in [1.165, 1.54) is 11.6 Å². The van der Waals surface area contributed by atoms with Gasteiger partial charge in [-0.05, 0) is 29.3 Å². The molecule has 0 amide bonds. The largest absolute Gasteiger partial charge is 0.382 e. The Morgan fingerprint density at radius 1 is 1.47 bits per heavy atom. The van der Waals surface area contributed by atoms with Gasteiger partial charge in [0.1, 0.15) is 5.60 Å². The molecule has 1 aromatic carbocycles. The van der Waals surface area contributed by atoms with E-state index < -0.39 is 5.60 Å². The van der Waals surface area contributed by atoms with E-state index in [0.717, 1.165) is 10.9 Å². The van der Waals surface area contributed by atoms with E-state index in [2.05, 4.69) is 0 Å². The summed E-state index contributed by atoms with van der Waals surface area (Å²) in [5, 5.41) is 12.8. The van der Waals surface area contributed by atoms with Gasteiger partial charge in [-0.2, -0.15) is 0 Å². The summed E-state index contributed by atoms with van der Waals surface area (Å²) in [4.78, 5) is 10.6. The molecule has 1 aromatic heterocycles. The highest BCUT2D eigenvalue weighted by atomic mass is 32.1. The lowest BCUT2D eigenvalue weighted by Gasteiger charge is -2.14. The molecule has 0 saturated carbocycles. The molecule has 78 valence electrons. The van der Waals surface area contributed by atoms with E-state index in [1.54, 1.807) is 11.3 Å². The topological polar surface area (TPSA) is 37.3 Å². The van der Waals surface area contributed by atoms with Crippen LogP contribution < -0.4 is 0 Å². The van der Waals surface area contributed by atoms with Crippen molar-refractivity contribution in [3.8, 4) is 0 Å². The Morgan fingerprint density at radius 2 is 2.20 bits per heavy atom. The predicted octanol–water partition coefficient (Wildman–Crippen LogP) is 2.39. The number of benzene rings is 1. The lowest BCUT2D eigenvalue weighted by atomic mass is 9.98. The molecule has 3 heteroatoms. The summed E-state index contributed by atoms with van der Waals surface area (Å²) in [7, 11) is 0. The zero-order valence-electron chi connectivity index (χ0n) is 8.43. The summed E-state index contributed by atoms with van der Waals surface area (Å²) in [6.45, 7) is 1.53. The van der Waals surface area contributed by atoms with E-state index >= 15 is 0 Å². The number of hydrogen-bond donors (Lipinski definition) is 1. The summed E-state index contributed by atoms with van der Waals surface area (Å²) < 4.78 is 1.19. The van der Waals surface area contributed by atoms with Crippen LogP contribution in [0.3, 0.4) is 0 Å². The molecule has 1 unspecified atom stereocenters. The van der Waals surface area contributed by atoms with E-state index in [-0.39, 0.29) is 0 Å². The lowest BCUT2D eigenvalue weighted by Crippen LogP contribution is -2.28. The number of rotatable bonds is 3. The molecule has 1 atom stereocenters. The minimum Gasteiger partial charge on any atom is -0.382 e. The molecule has 0 aliphatic rings. The molecule has 0 fully saturated rings.